The van der Waals surface area contributed by atoms with Gasteiger partial charge in [-0.15, -0.1) is 0 Å². The van der Waals surface area contributed by atoms with E-state index < -0.39 is 0 Å². The van der Waals surface area contributed by atoms with Crippen LogP contribution in [-0.2, 0) is 11.3 Å². The lowest BCUT2D eigenvalue weighted by atomic mass is 10.1. The van der Waals surface area contributed by atoms with E-state index in [2.05, 4.69) is 20.9 Å². The molecule has 0 spiro atoms. The van der Waals surface area contributed by atoms with Crippen LogP contribution in [0.15, 0.2) is 23.2 Å². The van der Waals surface area contributed by atoms with Crippen LogP contribution < -0.4 is 25.4 Å². The summed E-state index contributed by atoms with van der Waals surface area (Å²) in [4.78, 5) is 15.9. The molecule has 0 atom stereocenters. The van der Waals surface area contributed by atoms with Crippen LogP contribution in [-0.4, -0.2) is 45.2 Å². The predicted octanol–water partition coefficient (Wildman–Crippen LogP) is 1.28. The highest BCUT2D eigenvalue weighted by Crippen LogP contribution is 2.24. The fourth-order valence-electron chi connectivity index (χ4n) is 2.02. The smallest absolute Gasteiger partial charge is 0.239 e. The summed E-state index contributed by atoms with van der Waals surface area (Å²) in [5, 5.41) is 9.02. The first-order valence-corrected chi connectivity index (χ1v) is 7.75. The van der Waals surface area contributed by atoms with Gasteiger partial charge < -0.3 is 25.4 Å². The number of amides is 1. The lowest BCUT2D eigenvalue weighted by molar-refractivity contribution is -0.121. The van der Waals surface area contributed by atoms with E-state index in [9.17, 15) is 4.79 Å². The lowest BCUT2D eigenvalue weighted by Crippen LogP contribution is -2.48. The van der Waals surface area contributed by atoms with Crippen molar-refractivity contribution < 1.29 is 14.3 Å². The Balaban J connectivity index is 2.57. The summed E-state index contributed by atoms with van der Waals surface area (Å²) >= 11 is 0. The monoisotopic (exact) mass is 336 g/mol. The maximum absolute atomic E-state index is 11.8. The number of hydrogen-bond donors (Lipinski definition) is 3. The molecule has 0 fully saturated rings. The standard InChI is InChI=1S/C17H28N4O3/c1-17(2,3)21-15(22)11-20-16(18-4)19-10-12-7-8-13(23-5)9-14(12)24-6/h7-9H,10-11H2,1-6H3,(H,21,22)(H2,18,19,20). The van der Waals surface area contributed by atoms with E-state index in [0.717, 1.165) is 17.1 Å². The van der Waals surface area contributed by atoms with Crippen LogP contribution in [0.5, 0.6) is 11.5 Å². The molecule has 7 nitrogen and oxygen atoms in total. The molecule has 7 heteroatoms. The molecule has 1 rings (SSSR count). The second-order valence-electron chi connectivity index (χ2n) is 6.26. The van der Waals surface area contributed by atoms with E-state index >= 15 is 0 Å². The fraction of sp³-hybridized carbons (Fsp3) is 0.529. The Morgan fingerprint density at radius 1 is 1.17 bits per heavy atom. The average molecular weight is 336 g/mol. The van der Waals surface area contributed by atoms with Gasteiger partial charge in [-0.05, 0) is 32.9 Å². The molecule has 0 saturated heterocycles. The van der Waals surface area contributed by atoms with E-state index in [1.165, 1.54) is 0 Å². The van der Waals surface area contributed by atoms with Crippen LogP contribution in [0, 0.1) is 0 Å². The first-order valence-electron chi connectivity index (χ1n) is 7.75. The van der Waals surface area contributed by atoms with Gasteiger partial charge in [0, 0.05) is 30.8 Å². The van der Waals surface area contributed by atoms with Crippen molar-refractivity contribution in [3.05, 3.63) is 23.8 Å². The van der Waals surface area contributed by atoms with Crippen LogP contribution >= 0.6 is 0 Å². The molecule has 0 saturated carbocycles. The third kappa shape index (κ3) is 6.76. The molecule has 0 heterocycles. The van der Waals surface area contributed by atoms with Gasteiger partial charge in [0.05, 0.1) is 20.8 Å². The second kappa shape index (κ2) is 9.00. The van der Waals surface area contributed by atoms with Gasteiger partial charge in [0.25, 0.3) is 0 Å². The number of ether oxygens (including phenoxy) is 2. The van der Waals surface area contributed by atoms with Crippen LogP contribution in [0.25, 0.3) is 0 Å². The Morgan fingerprint density at radius 2 is 1.88 bits per heavy atom. The first kappa shape index (κ1) is 19.6. The van der Waals surface area contributed by atoms with Crippen molar-refractivity contribution in [2.24, 2.45) is 4.99 Å². The Morgan fingerprint density at radius 3 is 2.42 bits per heavy atom. The number of benzene rings is 1. The van der Waals surface area contributed by atoms with Gasteiger partial charge >= 0.3 is 0 Å². The van der Waals surface area contributed by atoms with Gasteiger partial charge in [0.15, 0.2) is 5.96 Å². The Hall–Kier alpha value is -2.44. The molecule has 0 aliphatic carbocycles. The van der Waals surface area contributed by atoms with Gasteiger partial charge in [0.2, 0.25) is 5.91 Å². The summed E-state index contributed by atoms with van der Waals surface area (Å²) in [5.74, 6) is 1.91. The SMILES string of the molecule is CN=C(NCC(=O)NC(C)(C)C)NCc1ccc(OC)cc1OC. The molecule has 0 aliphatic heterocycles. The molecule has 3 N–H and O–H groups in total. The number of nitrogens with zero attached hydrogens (tertiary/aromatic N) is 1. The van der Waals surface area contributed by atoms with Crippen molar-refractivity contribution in [2.45, 2.75) is 32.9 Å². The Bertz CT molecular complexity index is 580. The van der Waals surface area contributed by atoms with Crippen molar-refractivity contribution >= 4 is 11.9 Å². The molecule has 1 amide bonds. The molecule has 0 radical (unpaired) electrons. The maximum atomic E-state index is 11.8. The number of guanidine groups is 1. The first-order chi connectivity index (χ1) is 11.3. The second-order valence-corrected chi connectivity index (χ2v) is 6.26. The molecule has 0 aromatic heterocycles. The molecule has 0 unspecified atom stereocenters. The van der Waals surface area contributed by atoms with Crippen LogP contribution in [0.4, 0.5) is 0 Å². The van der Waals surface area contributed by atoms with E-state index in [4.69, 9.17) is 9.47 Å². The number of carbonyl (C=O) groups excluding carboxylic acids is 1. The molecule has 0 aliphatic rings. The van der Waals surface area contributed by atoms with Crippen molar-refractivity contribution in [1.29, 1.82) is 0 Å². The fourth-order valence-corrected chi connectivity index (χ4v) is 2.02. The quantitative estimate of drug-likeness (QED) is 0.538. The van der Waals surface area contributed by atoms with E-state index in [1.807, 2.05) is 39.0 Å². The Labute approximate surface area is 143 Å². The topological polar surface area (TPSA) is 84.0 Å². The maximum Gasteiger partial charge on any atom is 0.239 e. The third-order valence-corrected chi connectivity index (χ3v) is 3.09. The molecule has 1 aromatic rings. The molecule has 1 aromatic carbocycles. The van der Waals surface area contributed by atoms with Gasteiger partial charge in [-0.1, -0.05) is 0 Å². The summed E-state index contributed by atoms with van der Waals surface area (Å²) < 4.78 is 10.5. The summed E-state index contributed by atoms with van der Waals surface area (Å²) in [6.45, 7) is 6.47. The predicted molar refractivity (Wildman–Crippen MR) is 95.6 cm³/mol. The largest absolute Gasteiger partial charge is 0.497 e. The van der Waals surface area contributed by atoms with Crippen molar-refractivity contribution in [2.75, 3.05) is 27.8 Å². The highest BCUT2D eigenvalue weighted by atomic mass is 16.5. The molecular weight excluding hydrogens is 308 g/mol. The number of carbonyl (C=O) groups is 1. The van der Waals surface area contributed by atoms with Gasteiger partial charge in [-0.3, -0.25) is 9.79 Å². The zero-order chi connectivity index (χ0) is 18.2. The third-order valence-electron chi connectivity index (χ3n) is 3.09. The Kier molecular flexibility index (Phi) is 7.35. The highest BCUT2D eigenvalue weighted by molar-refractivity contribution is 5.86. The minimum atomic E-state index is -0.258. The number of hydrogen-bond acceptors (Lipinski definition) is 4. The lowest BCUT2D eigenvalue weighted by Gasteiger charge is -2.21. The average Bonchev–Trinajstić information content (AvgIpc) is 2.53. The van der Waals surface area contributed by atoms with E-state index in [-0.39, 0.29) is 18.0 Å². The zero-order valence-corrected chi connectivity index (χ0v) is 15.3. The number of methoxy groups -OCH3 is 2. The minimum absolute atomic E-state index is 0.0903. The number of rotatable bonds is 6. The summed E-state index contributed by atoms with van der Waals surface area (Å²) in [5.41, 5.74) is 0.701. The van der Waals surface area contributed by atoms with Crippen LogP contribution in [0.2, 0.25) is 0 Å². The molecule has 0 bridgehead atoms. The summed E-state index contributed by atoms with van der Waals surface area (Å²) in [6.07, 6.45) is 0. The minimum Gasteiger partial charge on any atom is -0.497 e. The summed E-state index contributed by atoms with van der Waals surface area (Å²) in [6, 6.07) is 5.61. The highest BCUT2D eigenvalue weighted by Gasteiger charge is 2.13. The normalized spacial score (nSPS) is 11.7. The van der Waals surface area contributed by atoms with Crippen LogP contribution in [0.1, 0.15) is 26.3 Å². The van der Waals surface area contributed by atoms with Crippen molar-refractivity contribution in [3.8, 4) is 11.5 Å². The number of aliphatic imine (C=N–C) groups is 1. The molecule has 24 heavy (non-hydrogen) atoms. The van der Waals surface area contributed by atoms with Crippen molar-refractivity contribution in [1.82, 2.24) is 16.0 Å². The van der Waals surface area contributed by atoms with Gasteiger partial charge in [-0.2, -0.15) is 0 Å². The molecule has 134 valence electrons. The van der Waals surface area contributed by atoms with E-state index in [1.54, 1.807) is 21.3 Å². The van der Waals surface area contributed by atoms with Gasteiger partial charge in [-0.25, -0.2) is 0 Å². The zero-order valence-electron chi connectivity index (χ0n) is 15.3. The summed E-state index contributed by atoms with van der Waals surface area (Å²) in [7, 11) is 4.88. The molecular formula is C17H28N4O3. The number of nitrogens with one attached hydrogen (secondary N) is 3. The van der Waals surface area contributed by atoms with E-state index in [0.29, 0.717) is 12.5 Å². The van der Waals surface area contributed by atoms with Crippen LogP contribution in [0.3, 0.4) is 0 Å². The van der Waals surface area contributed by atoms with Crippen molar-refractivity contribution in [3.63, 3.8) is 0 Å². The van der Waals surface area contributed by atoms with Gasteiger partial charge in [0.1, 0.15) is 11.5 Å².